The molecular formula is C11H15BrN4O4S. The highest BCUT2D eigenvalue weighted by Gasteiger charge is 2.52. The maximum atomic E-state index is 12.5. The maximum Gasteiger partial charge on any atom is 0.308 e. The molecule has 2 fully saturated rings. The molecule has 0 aliphatic heterocycles. The molecule has 1 aromatic rings. The average molecular weight is 379 g/mol. The maximum absolute atomic E-state index is 12.5. The molecule has 21 heavy (non-hydrogen) atoms. The molecule has 2 aliphatic rings. The minimum Gasteiger partial charge on any atom is -0.481 e. The number of fused-ring (bicyclic) bond motifs is 2. The number of nitrogens with zero attached hydrogens (tertiary/aromatic N) is 3. The second-order valence-corrected chi connectivity index (χ2v) is 8.03. The average Bonchev–Trinajstić information content (AvgIpc) is 3.03. The summed E-state index contributed by atoms with van der Waals surface area (Å²) in [6.07, 6.45) is 2.50. The lowest BCUT2D eigenvalue weighted by molar-refractivity contribution is -0.144. The molecule has 2 aliphatic carbocycles. The van der Waals surface area contributed by atoms with Crippen LogP contribution in [0.1, 0.15) is 19.3 Å². The van der Waals surface area contributed by atoms with Crippen molar-refractivity contribution < 1.29 is 18.3 Å². The number of rotatable bonds is 4. The number of hydrogen-bond donors (Lipinski definition) is 2. The van der Waals surface area contributed by atoms with Gasteiger partial charge in [-0.1, -0.05) is 5.21 Å². The lowest BCUT2D eigenvalue weighted by Gasteiger charge is -2.28. The second kappa shape index (κ2) is 5.03. The van der Waals surface area contributed by atoms with Crippen LogP contribution < -0.4 is 4.72 Å². The Morgan fingerprint density at radius 2 is 2.10 bits per heavy atom. The molecule has 3 rings (SSSR count). The van der Waals surface area contributed by atoms with Gasteiger partial charge in [0, 0.05) is 13.1 Å². The number of aromatic nitrogens is 3. The van der Waals surface area contributed by atoms with Gasteiger partial charge in [0.05, 0.1) is 5.92 Å². The normalized spacial score (nSPS) is 31.7. The van der Waals surface area contributed by atoms with E-state index in [1.807, 2.05) is 0 Å². The van der Waals surface area contributed by atoms with Crippen LogP contribution in [0.15, 0.2) is 9.63 Å². The summed E-state index contributed by atoms with van der Waals surface area (Å²) < 4.78 is 28.8. The molecule has 0 amide bonds. The minimum atomic E-state index is -3.87. The number of carboxylic acid groups (broad SMARTS) is 1. The molecule has 10 heteroatoms. The predicted octanol–water partition coefficient (Wildman–Crippen LogP) is 0.355. The molecule has 0 spiro atoms. The van der Waals surface area contributed by atoms with Crippen molar-refractivity contribution in [3.8, 4) is 0 Å². The van der Waals surface area contributed by atoms with Crippen molar-refractivity contribution in [3.05, 3.63) is 4.60 Å². The number of halogens is 1. The molecule has 4 atom stereocenters. The summed E-state index contributed by atoms with van der Waals surface area (Å²) in [5.74, 6) is -1.44. The van der Waals surface area contributed by atoms with E-state index in [0.29, 0.717) is 0 Å². The number of aryl methyl sites for hydroxylation is 1. The molecule has 0 aromatic carbocycles. The summed E-state index contributed by atoms with van der Waals surface area (Å²) in [7, 11) is -2.40. The largest absolute Gasteiger partial charge is 0.481 e. The SMILES string of the molecule is Cn1nnc(Br)c1S(=O)(=O)NC1C2CCC(C2)C1C(=O)O. The van der Waals surface area contributed by atoms with Gasteiger partial charge in [0.25, 0.3) is 10.0 Å². The summed E-state index contributed by atoms with van der Waals surface area (Å²) >= 11 is 3.06. The van der Waals surface area contributed by atoms with E-state index in [1.54, 1.807) is 0 Å². The van der Waals surface area contributed by atoms with Crippen molar-refractivity contribution in [2.24, 2.45) is 24.8 Å². The van der Waals surface area contributed by atoms with Gasteiger partial charge >= 0.3 is 5.97 Å². The summed E-state index contributed by atoms with van der Waals surface area (Å²) in [6, 6.07) is -0.562. The Balaban J connectivity index is 1.91. The summed E-state index contributed by atoms with van der Waals surface area (Å²) in [6.45, 7) is 0. The molecule has 4 unspecified atom stereocenters. The van der Waals surface area contributed by atoms with Crippen LogP contribution >= 0.6 is 15.9 Å². The van der Waals surface area contributed by atoms with E-state index in [9.17, 15) is 18.3 Å². The second-order valence-electron chi connectivity index (χ2n) is 5.65. The highest BCUT2D eigenvalue weighted by atomic mass is 79.9. The van der Waals surface area contributed by atoms with Gasteiger partial charge in [-0.25, -0.2) is 17.8 Å². The topological polar surface area (TPSA) is 114 Å². The van der Waals surface area contributed by atoms with E-state index >= 15 is 0 Å². The van der Waals surface area contributed by atoms with Gasteiger partial charge in [0.15, 0.2) is 4.60 Å². The first kappa shape index (κ1) is 14.9. The Kier molecular flexibility index (Phi) is 3.57. The highest BCUT2D eigenvalue weighted by Crippen LogP contribution is 2.49. The zero-order chi connectivity index (χ0) is 15.4. The Labute approximate surface area is 130 Å². The fourth-order valence-corrected chi connectivity index (χ4v) is 6.08. The Bertz CT molecular complexity index is 669. The Morgan fingerprint density at radius 3 is 2.67 bits per heavy atom. The van der Waals surface area contributed by atoms with Crippen LogP contribution in [0.25, 0.3) is 0 Å². The van der Waals surface area contributed by atoms with E-state index in [0.717, 1.165) is 23.9 Å². The number of carboxylic acids is 1. The smallest absolute Gasteiger partial charge is 0.308 e. The van der Waals surface area contributed by atoms with Crippen molar-refractivity contribution >= 4 is 31.9 Å². The third kappa shape index (κ3) is 2.38. The van der Waals surface area contributed by atoms with Crippen molar-refractivity contribution in [2.45, 2.75) is 30.3 Å². The van der Waals surface area contributed by atoms with E-state index in [1.165, 1.54) is 7.05 Å². The molecule has 1 aromatic heterocycles. The quantitative estimate of drug-likeness (QED) is 0.781. The Hall–Kier alpha value is -1.00. The van der Waals surface area contributed by atoms with Crippen LogP contribution in [-0.4, -0.2) is 40.5 Å². The first-order chi connectivity index (χ1) is 9.81. The fourth-order valence-electron chi connectivity index (χ4n) is 3.66. The number of aliphatic carboxylic acids is 1. The van der Waals surface area contributed by atoms with Crippen molar-refractivity contribution in [1.82, 2.24) is 19.7 Å². The van der Waals surface area contributed by atoms with Crippen molar-refractivity contribution in [1.29, 1.82) is 0 Å². The van der Waals surface area contributed by atoms with Crippen LogP contribution in [0.2, 0.25) is 0 Å². The fraction of sp³-hybridized carbons (Fsp3) is 0.727. The number of nitrogens with one attached hydrogen (secondary N) is 1. The van der Waals surface area contributed by atoms with Crippen LogP contribution in [0.5, 0.6) is 0 Å². The number of sulfonamides is 1. The first-order valence-corrected chi connectivity index (χ1v) is 8.89. The van der Waals surface area contributed by atoms with Crippen LogP contribution in [0.3, 0.4) is 0 Å². The predicted molar refractivity (Wildman–Crippen MR) is 74.8 cm³/mol. The van der Waals surface area contributed by atoms with Crippen LogP contribution in [-0.2, 0) is 21.9 Å². The van der Waals surface area contributed by atoms with Crippen molar-refractivity contribution in [2.75, 3.05) is 0 Å². The van der Waals surface area contributed by atoms with E-state index in [2.05, 4.69) is 31.0 Å². The lowest BCUT2D eigenvalue weighted by atomic mass is 9.85. The van der Waals surface area contributed by atoms with Gasteiger partial charge < -0.3 is 5.11 Å². The van der Waals surface area contributed by atoms with Gasteiger partial charge in [-0.05, 0) is 47.0 Å². The molecule has 0 saturated heterocycles. The molecule has 0 radical (unpaired) electrons. The molecule has 1 heterocycles. The molecule has 2 saturated carbocycles. The monoisotopic (exact) mass is 378 g/mol. The lowest BCUT2D eigenvalue weighted by Crippen LogP contribution is -2.47. The van der Waals surface area contributed by atoms with Gasteiger partial charge in [-0.2, -0.15) is 0 Å². The van der Waals surface area contributed by atoms with Gasteiger partial charge in [-0.3, -0.25) is 4.79 Å². The summed E-state index contributed by atoms with van der Waals surface area (Å²) in [5, 5.41) is 16.6. The standard InChI is InChI=1S/C11H15BrN4O4S/c1-16-10(9(12)13-15-16)21(19,20)14-8-6-3-2-5(4-6)7(8)11(17)18/h5-8,14H,2-4H2,1H3,(H,17,18). The summed E-state index contributed by atoms with van der Waals surface area (Å²) in [5.41, 5.74) is 0. The zero-order valence-electron chi connectivity index (χ0n) is 11.2. The van der Waals surface area contributed by atoms with Crippen molar-refractivity contribution in [3.63, 3.8) is 0 Å². The zero-order valence-corrected chi connectivity index (χ0v) is 13.6. The third-order valence-corrected chi connectivity index (χ3v) is 6.83. The highest BCUT2D eigenvalue weighted by molar-refractivity contribution is 9.10. The third-order valence-electron chi connectivity index (χ3n) is 4.48. The van der Waals surface area contributed by atoms with Crippen LogP contribution in [0.4, 0.5) is 0 Å². The minimum absolute atomic E-state index is 0.0632. The van der Waals surface area contributed by atoms with Gasteiger partial charge in [-0.15, -0.1) is 5.10 Å². The van der Waals surface area contributed by atoms with Crippen LogP contribution in [0, 0.1) is 17.8 Å². The Morgan fingerprint density at radius 1 is 1.43 bits per heavy atom. The molecular weight excluding hydrogens is 364 g/mol. The van der Waals surface area contributed by atoms with E-state index in [-0.39, 0.29) is 21.5 Å². The first-order valence-electron chi connectivity index (χ1n) is 6.61. The molecule has 2 N–H and O–H groups in total. The van der Waals surface area contributed by atoms with E-state index in [4.69, 9.17) is 0 Å². The van der Waals surface area contributed by atoms with Gasteiger partial charge in [0.2, 0.25) is 5.03 Å². The summed E-state index contributed by atoms with van der Waals surface area (Å²) in [4.78, 5) is 11.4. The van der Waals surface area contributed by atoms with Gasteiger partial charge in [0.1, 0.15) is 0 Å². The van der Waals surface area contributed by atoms with E-state index < -0.39 is 28.0 Å². The number of carbonyl (C=O) groups is 1. The molecule has 2 bridgehead atoms. The molecule has 8 nitrogen and oxygen atoms in total. The molecule has 116 valence electrons. The number of hydrogen-bond acceptors (Lipinski definition) is 5.